The van der Waals surface area contributed by atoms with Crippen LogP contribution in [0, 0.1) is 11.3 Å². The summed E-state index contributed by atoms with van der Waals surface area (Å²) < 4.78 is 67.7. The van der Waals surface area contributed by atoms with E-state index < -0.39 is 27.3 Å². The van der Waals surface area contributed by atoms with E-state index in [1.165, 1.54) is 28.6 Å². The lowest BCUT2D eigenvalue weighted by atomic mass is 10.2. The highest BCUT2D eigenvalue weighted by Gasteiger charge is 2.38. The molecule has 2 aliphatic rings. The monoisotopic (exact) mass is 467 g/mol. The number of piperazine rings is 1. The van der Waals surface area contributed by atoms with E-state index in [9.17, 15) is 26.4 Å². The van der Waals surface area contributed by atoms with Crippen LogP contribution in [-0.2, 0) is 22.9 Å². The molecule has 0 atom stereocenters. The van der Waals surface area contributed by atoms with Gasteiger partial charge in [-0.15, -0.1) is 0 Å². The molecule has 12 heteroatoms. The summed E-state index contributed by atoms with van der Waals surface area (Å²) in [7, 11) is -3.76. The number of nitrogens with zero attached hydrogens (tertiary/aromatic N) is 5. The predicted octanol–water partition coefficient (Wildman–Crippen LogP) is 1.98. The summed E-state index contributed by atoms with van der Waals surface area (Å²) in [4.78, 5) is 14.1. The quantitative estimate of drug-likeness (QED) is 0.667. The van der Waals surface area contributed by atoms with Crippen molar-refractivity contribution in [2.24, 2.45) is 0 Å². The summed E-state index contributed by atoms with van der Waals surface area (Å²) in [5.74, 6) is -0.0580. The Morgan fingerprint density at radius 1 is 1.09 bits per heavy atom. The fourth-order valence-electron chi connectivity index (χ4n) is 3.59. The van der Waals surface area contributed by atoms with E-state index in [1.54, 1.807) is 4.90 Å². The smallest absolute Gasteiger partial charge is 0.282 e. The zero-order valence-corrected chi connectivity index (χ0v) is 17.7. The van der Waals surface area contributed by atoms with Gasteiger partial charge in [0.1, 0.15) is 5.56 Å². The second kappa shape index (κ2) is 8.31. The molecule has 1 aliphatic carbocycles. The van der Waals surface area contributed by atoms with E-state index in [0.717, 1.165) is 23.6 Å². The van der Waals surface area contributed by atoms with E-state index in [-0.39, 0.29) is 49.4 Å². The molecule has 1 saturated carbocycles. The highest BCUT2D eigenvalue weighted by atomic mass is 32.2. The summed E-state index contributed by atoms with van der Waals surface area (Å²) in [6.45, 7) is 0.557. The Bertz CT molecular complexity index is 1210. The number of rotatable bonds is 5. The third kappa shape index (κ3) is 4.55. The number of aromatic nitrogens is 2. The molecule has 2 aromatic rings. The lowest BCUT2D eigenvalue weighted by molar-refractivity contribution is -0.139. The number of halogens is 3. The molecule has 1 aromatic carbocycles. The minimum absolute atomic E-state index is 0.0580. The highest BCUT2D eigenvalue weighted by molar-refractivity contribution is 7.89. The van der Waals surface area contributed by atoms with Gasteiger partial charge in [0.15, 0.2) is 0 Å². The van der Waals surface area contributed by atoms with Gasteiger partial charge in [-0.3, -0.25) is 9.69 Å². The van der Waals surface area contributed by atoms with Crippen LogP contribution in [0.25, 0.3) is 0 Å². The van der Waals surface area contributed by atoms with Gasteiger partial charge in [0, 0.05) is 32.1 Å². The molecule has 0 bridgehead atoms. The summed E-state index contributed by atoms with van der Waals surface area (Å²) in [5, 5.41) is 13.0. The Labute approximate surface area is 182 Å². The van der Waals surface area contributed by atoms with Crippen molar-refractivity contribution >= 4 is 10.0 Å². The van der Waals surface area contributed by atoms with Crippen LogP contribution in [0.3, 0.4) is 0 Å². The Hall–Kier alpha value is -2.75. The minimum Gasteiger partial charge on any atom is -0.282 e. The van der Waals surface area contributed by atoms with Crippen LogP contribution in [0.2, 0.25) is 0 Å². The standard InChI is InChI=1S/C20H20F3N5O3S/c21-20(22,23)17-11-18(15-3-4-15)25-28(19(17)29)13-26-7-9-27(10-8-26)32(30,31)16-5-1-14(12-24)2-6-16/h1-2,5-6,11,15H,3-4,7-10,13H2. The molecule has 32 heavy (non-hydrogen) atoms. The average molecular weight is 467 g/mol. The minimum atomic E-state index is -4.76. The Balaban J connectivity index is 1.48. The first kappa shape index (κ1) is 22.4. The normalized spacial score (nSPS) is 18.4. The van der Waals surface area contributed by atoms with Gasteiger partial charge in [-0.1, -0.05) is 0 Å². The Morgan fingerprint density at radius 3 is 2.25 bits per heavy atom. The van der Waals surface area contributed by atoms with Gasteiger partial charge in [0.2, 0.25) is 10.0 Å². The first-order valence-electron chi connectivity index (χ1n) is 10.0. The molecule has 0 unspecified atom stereocenters. The van der Waals surface area contributed by atoms with Crippen LogP contribution in [0.5, 0.6) is 0 Å². The fraction of sp³-hybridized carbons (Fsp3) is 0.450. The van der Waals surface area contributed by atoms with Crippen molar-refractivity contribution in [2.45, 2.75) is 36.5 Å². The molecule has 0 spiro atoms. The van der Waals surface area contributed by atoms with Gasteiger partial charge < -0.3 is 0 Å². The number of hydrogen-bond acceptors (Lipinski definition) is 6. The first-order valence-corrected chi connectivity index (χ1v) is 11.5. The molecule has 170 valence electrons. The van der Waals surface area contributed by atoms with E-state index in [0.29, 0.717) is 5.56 Å². The summed E-state index contributed by atoms with van der Waals surface area (Å²) in [6.07, 6.45) is -3.28. The zero-order valence-electron chi connectivity index (χ0n) is 16.9. The van der Waals surface area contributed by atoms with E-state index >= 15 is 0 Å². The average Bonchev–Trinajstić information content (AvgIpc) is 3.60. The molecule has 0 N–H and O–H groups in total. The zero-order chi connectivity index (χ0) is 23.1. The van der Waals surface area contributed by atoms with E-state index in [1.807, 2.05) is 6.07 Å². The van der Waals surface area contributed by atoms with Crippen molar-refractivity contribution in [1.82, 2.24) is 19.0 Å². The summed E-state index contributed by atoms with van der Waals surface area (Å²) in [5.41, 5.74) is -1.82. The second-order valence-corrected chi connectivity index (χ2v) is 9.80. The van der Waals surface area contributed by atoms with E-state index in [4.69, 9.17) is 5.26 Å². The van der Waals surface area contributed by atoms with Crippen molar-refractivity contribution in [2.75, 3.05) is 26.2 Å². The lowest BCUT2D eigenvalue weighted by Crippen LogP contribution is -2.50. The number of benzene rings is 1. The van der Waals surface area contributed by atoms with Crippen LogP contribution in [-0.4, -0.2) is 53.6 Å². The molecule has 1 aliphatic heterocycles. The predicted molar refractivity (Wildman–Crippen MR) is 107 cm³/mol. The van der Waals surface area contributed by atoms with Gasteiger partial charge in [0.25, 0.3) is 5.56 Å². The van der Waals surface area contributed by atoms with Crippen LogP contribution in [0.15, 0.2) is 40.0 Å². The van der Waals surface area contributed by atoms with Gasteiger partial charge in [0.05, 0.1) is 28.9 Å². The highest BCUT2D eigenvalue weighted by Crippen LogP contribution is 2.40. The molecule has 8 nitrogen and oxygen atoms in total. The van der Waals surface area contributed by atoms with Crippen molar-refractivity contribution < 1.29 is 21.6 Å². The Kier molecular flexibility index (Phi) is 5.83. The molecular formula is C20H20F3N5O3S. The van der Waals surface area contributed by atoms with Gasteiger partial charge >= 0.3 is 6.18 Å². The van der Waals surface area contributed by atoms with Crippen LogP contribution in [0.1, 0.15) is 35.6 Å². The number of hydrogen-bond donors (Lipinski definition) is 0. The summed E-state index contributed by atoms with van der Waals surface area (Å²) in [6, 6.07) is 8.35. The third-order valence-electron chi connectivity index (χ3n) is 5.58. The molecule has 0 radical (unpaired) electrons. The molecule has 1 saturated heterocycles. The van der Waals surface area contributed by atoms with E-state index in [2.05, 4.69) is 5.10 Å². The SMILES string of the molecule is N#Cc1ccc(S(=O)(=O)N2CCN(Cn3nc(C4CC4)cc(C(F)(F)F)c3=O)CC2)cc1. The maximum Gasteiger partial charge on any atom is 0.421 e. The van der Waals surface area contributed by atoms with Crippen LogP contribution < -0.4 is 5.56 Å². The number of sulfonamides is 1. The molecule has 0 amide bonds. The number of alkyl halides is 3. The first-order chi connectivity index (χ1) is 15.1. The number of nitriles is 1. The van der Waals surface area contributed by atoms with Crippen LogP contribution >= 0.6 is 0 Å². The molecule has 2 heterocycles. The lowest BCUT2D eigenvalue weighted by Gasteiger charge is -2.34. The molecule has 2 fully saturated rings. The summed E-state index contributed by atoms with van der Waals surface area (Å²) >= 11 is 0. The van der Waals surface area contributed by atoms with Crippen LogP contribution in [0.4, 0.5) is 13.2 Å². The van der Waals surface area contributed by atoms with Gasteiger partial charge in [-0.05, 0) is 43.2 Å². The van der Waals surface area contributed by atoms with Crippen molar-refractivity contribution in [3.8, 4) is 6.07 Å². The fourth-order valence-corrected chi connectivity index (χ4v) is 5.01. The van der Waals surface area contributed by atoms with Gasteiger partial charge in [-0.2, -0.15) is 27.8 Å². The molecular weight excluding hydrogens is 447 g/mol. The maximum absolute atomic E-state index is 13.3. The Morgan fingerprint density at radius 2 is 1.72 bits per heavy atom. The topological polar surface area (TPSA) is 99.3 Å². The maximum atomic E-state index is 13.3. The van der Waals surface area contributed by atoms with Gasteiger partial charge in [-0.25, -0.2) is 13.1 Å². The van der Waals surface area contributed by atoms with Crippen molar-refractivity contribution in [1.29, 1.82) is 5.26 Å². The second-order valence-electron chi connectivity index (χ2n) is 7.86. The molecule has 1 aromatic heterocycles. The molecule has 4 rings (SSSR count). The van der Waals surface area contributed by atoms with Crippen molar-refractivity contribution in [3.05, 3.63) is 57.5 Å². The third-order valence-corrected chi connectivity index (χ3v) is 7.49. The largest absolute Gasteiger partial charge is 0.421 e. The van der Waals surface area contributed by atoms with Crippen molar-refractivity contribution in [3.63, 3.8) is 0 Å².